The normalized spacial score (nSPS) is 18.7. The van der Waals surface area contributed by atoms with Crippen molar-refractivity contribution >= 4 is 0 Å². The van der Waals surface area contributed by atoms with Gasteiger partial charge in [-0.1, -0.05) is 12.5 Å². The van der Waals surface area contributed by atoms with E-state index in [4.69, 9.17) is 0 Å². The van der Waals surface area contributed by atoms with Gasteiger partial charge in [0.25, 0.3) is 0 Å². The molecule has 1 aliphatic rings. The Balaban J connectivity index is 2.03. The second-order valence-electron chi connectivity index (χ2n) is 4.28. The summed E-state index contributed by atoms with van der Waals surface area (Å²) in [4.78, 5) is 4.99. The molecular formula is C12H24N2. The highest BCUT2D eigenvalue weighted by Gasteiger charge is 2.09. The van der Waals surface area contributed by atoms with Crippen molar-refractivity contribution in [2.45, 2.75) is 25.7 Å². The summed E-state index contributed by atoms with van der Waals surface area (Å²) in [5.41, 5.74) is 0. The Hall–Kier alpha value is -0.340. The molecular weight excluding hydrogens is 172 g/mol. The van der Waals surface area contributed by atoms with Gasteiger partial charge in [-0.25, -0.2) is 0 Å². The van der Waals surface area contributed by atoms with E-state index in [0.717, 1.165) is 13.0 Å². The topological polar surface area (TPSA) is 6.48 Å². The second kappa shape index (κ2) is 7.02. The summed E-state index contributed by atoms with van der Waals surface area (Å²) in [7, 11) is 2.20. The van der Waals surface area contributed by atoms with Crippen LogP contribution in [0.3, 0.4) is 0 Å². The molecule has 1 saturated heterocycles. The minimum absolute atomic E-state index is 1.11. The van der Waals surface area contributed by atoms with E-state index in [-0.39, 0.29) is 0 Å². The Bertz CT molecular complexity index is 150. The lowest BCUT2D eigenvalue weighted by Crippen LogP contribution is -2.36. The number of hydrogen-bond acceptors (Lipinski definition) is 2. The SMILES string of the molecule is C=CCCN(C)CCN1CCCCC1. The van der Waals surface area contributed by atoms with Crippen molar-refractivity contribution < 1.29 is 0 Å². The van der Waals surface area contributed by atoms with Gasteiger partial charge in [0.15, 0.2) is 0 Å². The van der Waals surface area contributed by atoms with E-state index in [1.165, 1.54) is 45.4 Å². The highest BCUT2D eigenvalue weighted by atomic mass is 15.2. The first-order valence-corrected chi connectivity index (χ1v) is 5.84. The van der Waals surface area contributed by atoms with Crippen molar-refractivity contribution in [2.75, 3.05) is 39.8 Å². The fraction of sp³-hybridized carbons (Fsp3) is 0.833. The number of nitrogens with zero attached hydrogens (tertiary/aromatic N) is 2. The Kier molecular flexibility index (Phi) is 5.88. The third-order valence-corrected chi connectivity index (χ3v) is 2.96. The maximum absolute atomic E-state index is 3.75. The van der Waals surface area contributed by atoms with E-state index in [1.54, 1.807) is 0 Å². The Morgan fingerprint density at radius 1 is 1.21 bits per heavy atom. The van der Waals surface area contributed by atoms with Gasteiger partial charge in [-0.2, -0.15) is 0 Å². The molecule has 1 rings (SSSR count). The predicted octanol–water partition coefficient (Wildman–Crippen LogP) is 1.98. The molecule has 1 heterocycles. The van der Waals surface area contributed by atoms with Crippen molar-refractivity contribution in [2.24, 2.45) is 0 Å². The lowest BCUT2D eigenvalue weighted by Gasteiger charge is -2.28. The molecule has 0 spiro atoms. The van der Waals surface area contributed by atoms with Crippen molar-refractivity contribution in [1.29, 1.82) is 0 Å². The van der Waals surface area contributed by atoms with Gasteiger partial charge in [-0.3, -0.25) is 0 Å². The summed E-state index contributed by atoms with van der Waals surface area (Å²) in [5.74, 6) is 0. The standard InChI is InChI=1S/C12H24N2/c1-3-4-8-13(2)11-12-14-9-6-5-7-10-14/h3H,1,4-12H2,2H3. The first-order chi connectivity index (χ1) is 6.83. The van der Waals surface area contributed by atoms with Crippen LogP contribution < -0.4 is 0 Å². The summed E-state index contributed by atoms with van der Waals surface area (Å²) in [5, 5.41) is 0. The molecule has 0 atom stereocenters. The maximum atomic E-state index is 3.75. The van der Waals surface area contributed by atoms with Crippen molar-refractivity contribution in [3.8, 4) is 0 Å². The first kappa shape index (κ1) is 11.7. The first-order valence-electron chi connectivity index (χ1n) is 5.84. The zero-order valence-electron chi connectivity index (χ0n) is 9.54. The van der Waals surface area contributed by atoms with Gasteiger partial charge in [0.2, 0.25) is 0 Å². The molecule has 0 aromatic heterocycles. The minimum atomic E-state index is 1.11. The Morgan fingerprint density at radius 2 is 1.93 bits per heavy atom. The van der Waals surface area contributed by atoms with Gasteiger partial charge < -0.3 is 9.80 Å². The van der Waals surface area contributed by atoms with E-state index in [0.29, 0.717) is 0 Å². The van der Waals surface area contributed by atoms with Crippen molar-refractivity contribution in [1.82, 2.24) is 9.80 Å². The zero-order valence-corrected chi connectivity index (χ0v) is 9.54. The minimum Gasteiger partial charge on any atom is -0.305 e. The summed E-state index contributed by atoms with van der Waals surface area (Å²) < 4.78 is 0. The van der Waals surface area contributed by atoms with Crippen LogP contribution in [-0.2, 0) is 0 Å². The molecule has 0 unspecified atom stereocenters. The van der Waals surface area contributed by atoms with E-state index in [2.05, 4.69) is 23.4 Å². The highest BCUT2D eigenvalue weighted by molar-refractivity contribution is 4.70. The summed E-state index contributed by atoms with van der Waals surface area (Å²) >= 11 is 0. The molecule has 0 radical (unpaired) electrons. The molecule has 0 aliphatic carbocycles. The number of rotatable bonds is 6. The lowest BCUT2D eigenvalue weighted by molar-refractivity contribution is 0.197. The predicted molar refractivity (Wildman–Crippen MR) is 62.6 cm³/mol. The molecule has 0 N–H and O–H groups in total. The van der Waals surface area contributed by atoms with E-state index in [9.17, 15) is 0 Å². The molecule has 82 valence electrons. The average molecular weight is 196 g/mol. The third kappa shape index (κ3) is 4.77. The molecule has 14 heavy (non-hydrogen) atoms. The summed E-state index contributed by atoms with van der Waals surface area (Å²) in [6, 6.07) is 0. The van der Waals surface area contributed by atoms with Crippen LogP contribution in [0.15, 0.2) is 12.7 Å². The van der Waals surface area contributed by atoms with Gasteiger partial charge in [-0.05, 0) is 39.4 Å². The molecule has 2 heteroatoms. The van der Waals surface area contributed by atoms with E-state index in [1.807, 2.05) is 6.08 Å². The van der Waals surface area contributed by atoms with Crippen LogP contribution in [-0.4, -0.2) is 49.6 Å². The van der Waals surface area contributed by atoms with Crippen LogP contribution in [0.2, 0.25) is 0 Å². The molecule has 0 amide bonds. The number of likely N-dealkylation sites (tertiary alicyclic amines) is 1. The second-order valence-corrected chi connectivity index (χ2v) is 4.28. The van der Waals surface area contributed by atoms with Crippen molar-refractivity contribution in [3.63, 3.8) is 0 Å². The van der Waals surface area contributed by atoms with Gasteiger partial charge in [-0.15, -0.1) is 6.58 Å². The average Bonchev–Trinajstić information content (AvgIpc) is 2.25. The van der Waals surface area contributed by atoms with Gasteiger partial charge >= 0.3 is 0 Å². The maximum Gasteiger partial charge on any atom is 0.0109 e. The van der Waals surface area contributed by atoms with Crippen LogP contribution in [0.1, 0.15) is 25.7 Å². The largest absolute Gasteiger partial charge is 0.305 e. The fourth-order valence-electron chi connectivity index (χ4n) is 1.92. The van der Waals surface area contributed by atoms with Crippen LogP contribution in [0.5, 0.6) is 0 Å². The van der Waals surface area contributed by atoms with E-state index < -0.39 is 0 Å². The number of hydrogen-bond donors (Lipinski definition) is 0. The smallest absolute Gasteiger partial charge is 0.0109 e. The fourth-order valence-corrected chi connectivity index (χ4v) is 1.92. The molecule has 0 aromatic rings. The van der Waals surface area contributed by atoms with Gasteiger partial charge in [0, 0.05) is 19.6 Å². The summed E-state index contributed by atoms with van der Waals surface area (Å²) in [6.07, 6.45) is 7.34. The van der Waals surface area contributed by atoms with Crippen LogP contribution >= 0.6 is 0 Å². The molecule has 1 aliphatic heterocycles. The lowest BCUT2D eigenvalue weighted by atomic mass is 10.1. The Morgan fingerprint density at radius 3 is 2.57 bits per heavy atom. The third-order valence-electron chi connectivity index (χ3n) is 2.96. The molecule has 0 aromatic carbocycles. The van der Waals surface area contributed by atoms with E-state index >= 15 is 0 Å². The van der Waals surface area contributed by atoms with Crippen LogP contribution in [0, 0.1) is 0 Å². The number of likely N-dealkylation sites (N-methyl/N-ethyl adjacent to an activating group) is 1. The van der Waals surface area contributed by atoms with Crippen LogP contribution in [0.25, 0.3) is 0 Å². The highest BCUT2D eigenvalue weighted by Crippen LogP contribution is 2.07. The summed E-state index contributed by atoms with van der Waals surface area (Å²) in [6.45, 7) is 9.97. The van der Waals surface area contributed by atoms with Crippen molar-refractivity contribution in [3.05, 3.63) is 12.7 Å². The number of piperidine rings is 1. The molecule has 1 fully saturated rings. The zero-order chi connectivity index (χ0) is 10.2. The molecule has 0 bridgehead atoms. The van der Waals surface area contributed by atoms with Crippen LogP contribution in [0.4, 0.5) is 0 Å². The molecule has 2 nitrogen and oxygen atoms in total. The monoisotopic (exact) mass is 196 g/mol. The van der Waals surface area contributed by atoms with Gasteiger partial charge in [0.05, 0.1) is 0 Å². The quantitative estimate of drug-likeness (QED) is 0.599. The van der Waals surface area contributed by atoms with Gasteiger partial charge in [0.1, 0.15) is 0 Å². The Labute approximate surface area is 88.6 Å². The molecule has 0 saturated carbocycles.